The summed E-state index contributed by atoms with van der Waals surface area (Å²) in [5.41, 5.74) is 10.6. The van der Waals surface area contributed by atoms with Crippen LogP contribution in [0.2, 0.25) is 0 Å². The molecule has 10 aromatic rings. The number of phenolic OH excluding ortho intramolecular Hbond substituents is 1. The molecule has 5 heteroatoms. The van der Waals surface area contributed by atoms with Crippen LogP contribution in [0.15, 0.2) is 170 Å². The molecule has 6 aromatic carbocycles. The van der Waals surface area contributed by atoms with E-state index in [2.05, 4.69) is 122 Å². The number of phenols is 1. The van der Waals surface area contributed by atoms with Crippen LogP contribution in [-0.4, -0.2) is 15.1 Å². The van der Waals surface area contributed by atoms with Gasteiger partial charge in [-0.15, -0.1) is 22.7 Å². The quantitative estimate of drug-likeness (QED) is 0.185. The number of aryl methyl sites for hydroxylation is 1. The summed E-state index contributed by atoms with van der Waals surface area (Å²) < 4.78 is 2.64. The van der Waals surface area contributed by atoms with Crippen LogP contribution in [0.3, 0.4) is 0 Å². The largest absolute Gasteiger partial charge is 0.507 e. The highest BCUT2D eigenvalue weighted by Crippen LogP contribution is 2.41. The summed E-state index contributed by atoms with van der Waals surface area (Å²) in [6, 6.07) is 59.2. The maximum Gasteiger partial charge on any atom is 0.132 e. The lowest BCUT2D eigenvalue weighted by atomic mass is 9.97. The van der Waals surface area contributed by atoms with Crippen molar-refractivity contribution in [1.82, 2.24) is 9.97 Å². The molecule has 0 aliphatic rings. The third-order valence-corrected chi connectivity index (χ3v) is 12.4. The van der Waals surface area contributed by atoms with Gasteiger partial charge in [0.15, 0.2) is 0 Å². The average Bonchev–Trinajstić information content (AvgIpc) is 3.87. The first-order chi connectivity index (χ1) is 26.5. The number of hydrogen-bond donors (Lipinski definition) is 1. The molecule has 0 spiro atoms. The first-order valence-electron chi connectivity index (χ1n) is 17.9. The van der Waals surface area contributed by atoms with Crippen molar-refractivity contribution in [2.24, 2.45) is 0 Å². The number of fused-ring (bicyclic) bond motifs is 4. The Morgan fingerprint density at radius 2 is 1.07 bits per heavy atom. The molecule has 0 fully saturated rings. The minimum atomic E-state index is 0.236. The summed E-state index contributed by atoms with van der Waals surface area (Å²) in [7, 11) is 0. The van der Waals surface area contributed by atoms with Crippen molar-refractivity contribution in [3.63, 3.8) is 0 Å². The Bertz CT molecular complexity index is 3030. The van der Waals surface area contributed by atoms with E-state index in [9.17, 15) is 5.11 Å². The molecule has 0 saturated heterocycles. The molecule has 0 aliphatic heterocycles. The van der Waals surface area contributed by atoms with Gasteiger partial charge in [0.05, 0.1) is 17.1 Å². The fourth-order valence-corrected chi connectivity index (χ4v) is 9.53. The molecular weight excluding hydrogens is 697 g/mol. The highest BCUT2D eigenvalue weighted by atomic mass is 32.1. The molecule has 0 saturated carbocycles. The summed E-state index contributed by atoms with van der Waals surface area (Å²) in [5.74, 6) is 0.236. The standard InChI is InChI=1S/C49H32N2OS2/c1-30-24-37(46-23-22-45(53-46)35-19-20-40-39-16-7-8-17-47(39)54-48(40)29-35)28-42(50-30)33-13-9-14-34(25-33)43-26-36(31-10-3-2-4-11-31)27-44(51-43)41-21-18-32-12-5-6-15-38(32)49(41)52/h2-29,52H,1H3. The molecule has 0 bridgehead atoms. The molecule has 4 aromatic heterocycles. The second-order valence-electron chi connectivity index (χ2n) is 13.6. The number of hydrogen-bond acceptors (Lipinski definition) is 5. The van der Waals surface area contributed by atoms with Gasteiger partial charge in [-0.25, -0.2) is 4.98 Å². The Kier molecular flexibility index (Phi) is 7.90. The zero-order chi connectivity index (χ0) is 36.2. The molecule has 3 nitrogen and oxygen atoms in total. The Balaban J connectivity index is 1.02. The molecule has 0 aliphatic carbocycles. The smallest absolute Gasteiger partial charge is 0.132 e. The van der Waals surface area contributed by atoms with E-state index in [1.54, 1.807) is 0 Å². The van der Waals surface area contributed by atoms with E-state index in [4.69, 9.17) is 9.97 Å². The van der Waals surface area contributed by atoms with Gasteiger partial charge >= 0.3 is 0 Å². The minimum Gasteiger partial charge on any atom is -0.507 e. The van der Waals surface area contributed by atoms with Gasteiger partial charge in [0.25, 0.3) is 0 Å². The highest BCUT2D eigenvalue weighted by Gasteiger charge is 2.16. The van der Waals surface area contributed by atoms with Gasteiger partial charge in [-0.1, -0.05) is 109 Å². The molecule has 0 atom stereocenters. The fourth-order valence-electron chi connectivity index (χ4n) is 7.40. The van der Waals surface area contributed by atoms with Crippen LogP contribution < -0.4 is 0 Å². The number of benzene rings is 6. The zero-order valence-corrected chi connectivity index (χ0v) is 31.0. The van der Waals surface area contributed by atoms with E-state index in [1.807, 2.05) is 77.3 Å². The van der Waals surface area contributed by atoms with E-state index in [-0.39, 0.29) is 5.75 Å². The van der Waals surface area contributed by atoms with Gasteiger partial charge in [-0.3, -0.25) is 4.98 Å². The van der Waals surface area contributed by atoms with Gasteiger partial charge < -0.3 is 5.11 Å². The summed E-state index contributed by atoms with van der Waals surface area (Å²) in [6.45, 7) is 2.06. The van der Waals surface area contributed by atoms with Crippen molar-refractivity contribution < 1.29 is 5.11 Å². The average molecular weight is 729 g/mol. The lowest BCUT2D eigenvalue weighted by Gasteiger charge is -2.13. The van der Waals surface area contributed by atoms with Crippen molar-refractivity contribution >= 4 is 53.6 Å². The van der Waals surface area contributed by atoms with E-state index in [1.165, 1.54) is 35.5 Å². The second-order valence-corrected chi connectivity index (χ2v) is 15.8. The summed E-state index contributed by atoms with van der Waals surface area (Å²) in [5, 5.41) is 15.9. The third-order valence-electron chi connectivity index (χ3n) is 10.1. The number of thiophene rings is 2. The van der Waals surface area contributed by atoms with Crippen LogP contribution in [0.5, 0.6) is 5.75 Å². The van der Waals surface area contributed by atoms with Gasteiger partial charge in [0.2, 0.25) is 0 Å². The SMILES string of the molecule is Cc1cc(-c2ccc(-c3ccc4c(c3)sc3ccccc34)s2)cc(-c2cccc(-c3cc(-c4ccccc4)cc(-c4ccc5ccccc5c4O)n3)c2)n1. The Morgan fingerprint density at radius 3 is 1.93 bits per heavy atom. The van der Waals surface area contributed by atoms with E-state index in [0.717, 1.165) is 61.4 Å². The van der Waals surface area contributed by atoms with Crippen molar-refractivity contribution in [3.05, 3.63) is 176 Å². The van der Waals surface area contributed by atoms with Crippen LogP contribution in [0.4, 0.5) is 0 Å². The van der Waals surface area contributed by atoms with Gasteiger partial charge in [-0.05, 0) is 95.2 Å². The Labute approximate surface area is 321 Å². The lowest BCUT2D eigenvalue weighted by molar-refractivity contribution is 0.483. The van der Waals surface area contributed by atoms with Gasteiger partial charge in [0, 0.05) is 57.7 Å². The molecule has 0 unspecified atom stereocenters. The molecule has 10 rings (SSSR count). The van der Waals surface area contributed by atoms with E-state index < -0.39 is 0 Å². The number of rotatable bonds is 6. The molecule has 0 radical (unpaired) electrons. The molecule has 54 heavy (non-hydrogen) atoms. The monoisotopic (exact) mass is 728 g/mol. The predicted molar refractivity (Wildman–Crippen MR) is 229 cm³/mol. The number of nitrogens with zero attached hydrogens (tertiary/aromatic N) is 2. The molecule has 256 valence electrons. The van der Waals surface area contributed by atoms with Crippen molar-refractivity contribution in [3.8, 4) is 71.5 Å². The molecule has 4 heterocycles. The van der Waals surface area contributed by atoms with Crippen LogP contribution >= 0.6 is 22.7 Å². The van der Waals surface area contributed by atoms with Crippen LogP contribution in [-0.2, 0) is 0 Å². The summed E-state index contributed by atoms with van der Waals surface area (Å²) in [6.07, 6.45) is 0. The third kappa shape index (κ3) is 5.84. The fraction of sp³-hybridized carbons (Fsp3) is 0.0204. The van der Waals surface area contributed by atoms with Crippen molar-refractivity contribution in [2.75, 3.05) is 0 Å². The number of aromatic hydroxyl groups is 1. The summed E-state index contributed by atoms with van der Waals surface area (Å²) in [4.78, 5) is 12.6. The maximum absolute atomic E-state index is 11.5. The van der Waals surface area contributed by atoms with Crippen LogP contribution in [0, 0.1) is 6.92 Å². The summed E-state index contributed by atoms with van der Waals surface area (Å²) >= 11 is 3.67. The first kappa shape index (κ1) is 32.3. The second kappa shape index (κ2) is 13.2. The number of aromatic nitrogens is 2. The van der Waals surface area contributed by atoms with Crippen molar-refractivity contribution in [1.29, 1.82) is 0 Å². The predicted octanol–water partition coefficient (Wildman–Crippen LogP) is 14.1. The lowest BCUT2D eigenvalue weighted by Crippen LogP contribution is -1.93. The minimum absolute atomic E-state index is 0.236. The van der Waals surface area contributed by atoms with Crippen molar-refractivity contribution in [2.45, 2.75) is 6.92 Å². The van der Waals surface area contributed by atoms with E-state index in [0.29, 0.717) is 5.56 Å². The Hall–Kier alpha value is -6.40. The molecular formula is C49H32N2OS2. The van der Waals surface area contributed by atoms with E-state index >= 15 is 0 Å². The topological polar surface area (TPSA) is 46.0 Å². The maximum atomic E-state index is 11.5. The Morgan fingerprint density at radius 1 is 0.407 bits per heavy atom. The zero-order valence-electron chi connectivity index (χ0n) is 29.3. The highest BCUT2D eigenvalue weighted by molar-refractivity contribution is 7.26. The van der Waals surface area contributed by atoms with Gasteiger partial charge in [-0.2, -0.15) is 0 Å². The van der Waals surface area contributed by atoms with Crippen LogP contribution in [0.25, 0.3) is 96.7 Å². The normalized spacial score (nSPS) is 11.5. The number of pyridine rings is 2. The molecule has 0 amide bonds. The van der Waals surface area contributed by atoms with Gasteiger partial charge in [0.1, 0.15) is 5.75 Å². The van der Waals surface area contributed by atoms with Crippen LogP contribution in [0.1, 0.15) is 5.69 Å². The first-order valence-corrected chi connectivity index (χ1v) is 19.6. The molecule has 1 N–H and O–H groups in total.